The summed E-state index contributed by atoms with van der Waals surface area (Å²) in [4.78, 5) is 13.8. The molecule has 0 atom stereocenters. The number of hydrogen-bond acceptors (Lipinski definition) is 2. The third-order valence-electron chi connectivity index (χ3n) is 3.12. The molecular formula is C15H11ClINO2. The van der Waals surface area contributed by atoms with Gasteiger partial charge in [0.25, 0.3) is 5.91 Å². The van der Waals surface area contributed by atoms with E-state index >= 15 is 0 Å². The van der Waals surface area contributed by atoms with E-state index in [1.807, 2.05) is 24.3 Å². The number of fused-ring (bicyclic) bond motifs is 1. The molecule has 0 fully saturated rings. The van der Waals surface area contributed by atoms with Gasteiger partial charge in [-0.05, 0) is 58.5 Å². The Morgan fingerprint density at radius 2 is 1.95 bits per heavy atom. The van der Waals surface area contributed by atoms with E-state index in [1.165, 1.54) is 3.57 Å². The first kappa shape index (κ1) is 13.7. The Balaban J connectivity index is 1.94. The number of halogens is 2. The van der Waals surface area contributed by atoms with Gasteiger partial charge >= 0.3 is 0 Å². The zero-order valence-electron chi connectivity index (χ0n) is 10.5. The lowest BCUT2D eigenvalue weighted by Gasteiger charge is -2.29. The van der Waals surface area contributed by atoms with Crippen LogP contribution in [0.4, 0.5) is 5.69 Å². The number of carbonyl (C=O) groups is 1. The molecule has 2 aromatic rings. The summed E-state index contributed by atoms with van der Waals surface area (Å²) in [7, 11) is 0. The van der Waals surface area contributed by atoms with E-state index in [0.717, 1.165) is 11.3 Å². The molecule has 0 aromatic heterocycles. The van der Waals surface area contributed by atoms with Crippen molar-refractivity contribution >= 4 is 45.8 Å². The van der Waals surface area contributed by atoms with Crippen LogP contribution in [0.5, 0.6) is 5.75 Å². The number of ether oxygens (including phenoxy) is 1. The Bertz CT molecular complexity index is 657. The third-order valence-corrected chi connectivity index (χ3v) is 4.07. The van der Waals surface area contributed by atoms with Crippen LogP contribution in [0.15, 0.2) is 42.5 Å². The highest BCUT2D eigenvalue weighted by atomic mass is 127. The zero-order chi connectivity index (χ0) is 14.1. The molecular weight excluding hydrogens is 389 g/mol. The summed E-state index contributed by atoms with van der Waals surface area (Å²) in [5, 5.41) is 0.592. The summed E-state index contributed by atoms with van der Waals surface area (Å²) < 4.78 is 6.60. The van der Waals surface area contributed by atoms with Gasteiger partial charge in [-0.15, -0.1) is 0 Å². The van der Waals surface area contributed by atoms with Gasteiger partial charge in [-0.1, -0.05) is 23.7 Å². The molecule has 0 saturated heterocycles. The van der Waals surface area contributed by atoms with Crippen molar-refractivity contribution in [1.82, 2.24) is 0 Å². The molecule has 2 aromatic carbocycles. The molecule has 0 N–H and O–H groups in total. The van der Waals surface area contributed by atoms with Crippen molar-refractivity contribution < 1.29 is 9.53 Å². The highest BCUT2D eigenvalue weighted by molar-refractivity contribution is 14.1. The van der Waals surface area contributed by atoms with Crippen molar-refractivity contribution in [3.05, 3.63) is 56.6 Å². The maximum atomic E-state index is 12.1. The SMILES string of the molecule is O=C1COc2ccc(Cl)cc2N1Cc1ccc(I)cc1. The minimum absolute atomic E-state index is 0.0571. The Kier molecular flexibility index (Phi) is 3.85. The molecule has 0 aliphatic carbocycles. The van der Waals surface area contributed by atoms with Crippen molar-refractivity contribution in [1.29, 1.82) is 0 Å². The second kappa shape index (κ2) is 5.61. The number of nitrogens with zero attached hydrogens (tertiary/aromatic N) is 1. The summed E-state index contributed by atoms with van der Waals surface area (Å²) in [5.74, 6) is 0.637. The molecule has 5 heteroatoms. The van der Waals surface area contributed by atoms with Crippen LogP contribution in [0.2, 0.25) is 5.02 Å². The first-order valence-electron chi connectivity index (χ1n) is 6.10. The number of hydrogen-bond donors (Lipinski definition) is 0. The molecule has 0 radical (unpaired) electrons. The summed E-state index contributed by atoms with van der Waals surface area (Å²) >= 11 is 8.28. The first-order valence-corrected chi connectivity index (χ1v) is 7.56. The van der Waals surface area contributed by atoms with E-state index in [0.29, 0.717) is 17.3 Å². The monoisotopic (exact) mass is 399 g/mol. The van der Waals surface area contributed by atoms with Crippen LogP contribution >= 0.6 is 34.2 Å². The standard InChI is InChI=1S/C15H11ClINO2/c16-11-3-6-14-13(7-11)18(15(19)9-20-14)8-10-1-4-12(17)5-2-10/h1-7H,8-9H2. The quantitative estimate of drug-likeness (QED) is 0.718. The smallest absolute Gasteiger partial charge is 0.265 e. The number of benzene rings is 2. The van der Waals surface area contributed by atoms with Crippen molar-refractivity contribution in [3.63, 3.8) is 0 Å². The van der Waals surface area contributed by atoms with Crippen molar-refractivity contribution in [2.45, 2.75) is 6.54 Å². The summed E-state index contributed by atoms with van der Waals surface area (Å²) in [5.41, 5.74) is 1.80. The average molecular weight is 400 g/mol. The van der Waals surface area contributed by atoms with Crippen molar-refractivity contribution in [2.75, 3.05) is 11.5 Å². The molecule has 0 unspecified atom stereocenters. The van der Waals surface area contributed by atoms with E-state index in [9.17, 15) is 4.79 Å². The summed E-state index contributed by atoms with van der Waals surface area (Å²) in [6.45, 7) is 0.589. The van der Waals surface area contributed by atoms with Crippen LogP contribution < -0.4 is 9.64 Å². The second-order valence-corrected chi connectivity index (χ2v) is 6.19. The lowest BCUT2D eigenvalue weighted by atomic mass is 10.1. The van der Waals surface area contributed by atoms with Crippen molar-refractivity contribution in [2.24, 2.45) is 0 Å². The molecule has 0 bridgehead atoms. The fourth-order valence-electron chi connectivity index (χ4n) is 2.12. The maximum absolute atomic E-state index is 12.1. The summed E-state index contributed by atoms with van der Waals surface area (Å²) in [6, 6.07) is 13.4. The highest BCUT2D eigenvalue weighted by Gasteiger charge is 2.25. The Hall–Kier alpha value is -1.27. The van der Waals surface area contributed by atoms with Gasteiger partial charge in [-0.25, -0.2) is 0 Å². The normalized spacial score (nSPS) is 13.9. The Morgan fingerprint density at radius 3 is 2.70 bits per heavy atom. The molecule has 0 spiro atoms. The van der Waals surface area contributed by atoms with E-state index in [1.54, 1.807) is 23.1 Å². The van der Waals surface area contributed by atoms with Gasteiger partial charge in [0, 0.05) is 8.59 Å². The molecule has 3 rings (SSSR count). The third kappa shape index (κ3) is 2.76. The number of carbonyl (C=O) groups excluding carboxylic acids is 1. The van der Waals surface area contributed by atoms with Gasteiger partial charge in [-0.3, -0.25) is 4.79 Å². The Labute approximate surface area is 135 Å². The molecule has 3 nitrogen and oxygen atoms in total. The maximum Gasteiger partial charge on any atom is 0.265 e. The molecule has 20 heavy (non-hydrogen) atoms. The fourth-order valence-corrected chi connectivity index (χ4v) is 2.65. The lowest BCUT2D eigenvalue weighted by Crippen LogP contribution is -2.38. The first-order chi connectivity index (χ1) is 9.63. The topological polar surface area (TPSA) is 29.5 Å². The van der Waals surface area contributed by atoms with Crippen LogP contribution in [0, 0.1) is 3.57 Å². The molecule has 102 valence electrons. The molecule has 1 amide bonds. The zero-order valence-corrected chi connectivity index (χ0v) is 13.4. The van der Waals surface area contributed by atoms with Gasteiger partial charge in [0.1, 0.15) is 5.75 Å². The number of anilines is 1. The molecule has 1 aliphatic heterocycles. The highest BCUT2D eigenvalue weighted by Crippen LogP contribution is 2.35. The predicted octanol–water partition coefficient (Wildman–Crippen LogP) is 3.87. The number of rotatable bonds is 2. The van der Waals surface area contributed by atoms with Crippen LogP contribution in [0.1, 0.15) is 5.56 Å². The van der Waals surface area contributed by atoms with Gasteiger partial charge in [-0.2, -0.15) is 0 Å². The van der Waals surface area contributed by atoms with E-state index in [4.69, 9.17) is 16.3 Å². The van der Waals surface area contributed by atoms with E-state index in [2.05, 4.69) is 22.6 Å². The molecule has 1 aliphatic rings. The largest absolute Gasteiger partial charge is 0.482 e. The second-order valence-electron chi connectivity index (χ2n) is 4.51. The summed E-state index contributed by atoms with van der Waals surface area (Å²) in [6.07, 6.45) is 0. The average Bonchev–Trinajstić information content (AvgIpc) is 2.44. The number of amides is 1. The van der Waals surface area contributed by atoms with E-state index in [-0.39, 0.29) is 12.5 Å². The lowest BCUT2D eigenvalue weighted by molar-refractivity contribution is -0.121. The molecule has 0 saturated carbocycles. The fraction of sp³-hybridized carbons (Fsp3) is 0.133. The Morgan fingerprint density at radius 1 is 1.20 bits per heavy atom. The van der Waals surface area contributed by atoms with Gasteiger partial charge in [0.05, 0.1) is 12.2 Å². The van der Waals surface area contributed by atoms with Crippen LogP contribution in [-0.2, 0) is 11.3 Å². The van der Waals surface area contributed by atoms with Crippen LogP contribution in [-0.4, -0.2) is 12.5 Å². The van der Waals surface area contributed by atoms with Crippen LogP contribution in [0.3, 0.4) is 0 Å². The van der Waals surface area contributed by atoms with Gasteiger partial charge < -0.3 is 9.64 Å². The minimum Gasteiger partial charge on any atom is -0.482 e. The predicted molar refractivity (Wildman–Crippen MR) is 87.3 cm³/mol. The van der Waals surface area contributed by atoms with E-state index < -0.39 is 0 Å². The van der Waals surface area contributed by atoms with Crippen molar-refractivity contribution in [3.8, 4) is 5.75 Å². The van der Waals surface area contributed by atoms with Gasteiger partial charge in [0.15, 0.2) is 6.61 Å². The van der Waals surface area contributed by atoms with Crippen LogP contribution in [0.25, 0.3) is 0 Å². The van der Waals surface area contributed by atoms with Gasteiger partial charge in [0.2, 0.25) is 0 Å². The minimum atomic E-state index is -0.0571. The molecule has 1 heterocycles.